The van der Waals surface area contributed by atoms with Gasteiger partial charge in [0, 0.05) is 31.5 Å². The summed E-state index contributed by atoms with van der Waals surface area (Å²) in [4.78, 5) is 26.9. The number of carbonyl (C=O) groups is 2. The number of hydrogen-bond donors (Lipinski definition) is 1. The van der Waals surface area contributed by atoms with Crippen molar-refractivity contribution < 1.29 is 9.59 Å². The Morgan fingerprint density at radius 3 is 2.04 bits per heavy atom. The molecule has 4 nitrogen and oxygen atoms in total. The van der Waals surface area contributed by atoms with E-state index >= 15 is 0 Å². The fourth-order valence-corrected chi connectivity index (χ4v) is 4.92. The Kier molecular flexibility index (Phi) is 7.18. The zero-order valence-electron chi connectivity index (χ0n) is 15.8. The maximum Gasteiger partial charge on any atom is 0.223 e. The van der Waals surface area contributed by atoms with Gasteiger partial charge in [-0.05, 0) is 38.0 Å². The van der Waals surface area contributed by atoms with Crippen molar-refractivity contribution in [2.24, 2.45) is 11.8 Å². The van der Waals surface area contributed by atoms with Crippen LogP contribution in [0.3, 0.4) is 0 Å². The molecule has 0 unspecified atom stereocenters. The van der Waals surface area contributed by atoms with Gasteiger partial charge in [0.05, 0.1) is 0 Å². The van der Waals surface area contributed by atoms with Crippen LogP contribution in [-0.2, 0) is 9.59 Å². The molecule has 1 N–H and O–H groups in total. The number of likely N-dealkylation sites (tertiary alicyclic amines) is 1. The highest BCUT2D eigenvalue weighted by atomic mass is 16.2. The lowest BCUT2D eigenvalue weighted by Crippen LogP contribution is -2.48. The Morgan fingerprint density at radius 2 is 1.40 bits per heavy atom. The van der Waals surface area contributed by atoms with Gasteiger partial charge in [0.2, 0.25) is 11.8 Å². The predicted octanol–water partition coefficient (Wildman–Crippen LogP) is 4.03. The van der Waals surface area contributed by atoms with Gasteiger partial charge in [-0.2, -0.15) is 0 Å². The van der Waals surface area contributed by atoms with Gasteiger partial charge in [-0.25, -0.2) is 0 Å². The van der Waals surface area contributed by atoms with Crippen molar-refractivity contribution in [1.82, 2.24) is 10.2 Å². The minimum Gasteiger partial charge on any atom is -0.353 e. The van der Waals surface area contributed by atoms with Crippen molar-refractivity contribution in [2.45, 2.75) is 95.9 Å². The van der Waals surface area contributed by atoms with E-state index in [0.29, 0.717) is 5.91 Å². The van der Waals surface area contributed by atoms with Crippen LogP contribution in [0.25, 0.3) is 0 Å². The first kappa shape index (κ1) is 18.7. The molecule has 142 valence electrons. The molecule has 0 spiro atoms. The lowest BCUT2D eigenvalue weighted by atomic mass is 9.86. The standard InChI is InChI=1S/C21H36N2O2/c24-20(12-11-17-7-3-1-4-8-17)23-15-13-19(14-16-23)22-21(25)18-9-5-2-6-10-18/h17-19H,1-16H2,(H,22,25). The third-order valence-corrected chi connectivity index (χ3v) is 6.66. The van der Waals surface area contributed by atoms with Gasteiger partial charge in [0.25, 0.3) is 0 Å². The number of carbonyl (C=O) groups excluding carboxylic acids is 2. The summed E-state index contributed by atoms with van der Waals surface area (Å²) >= 11 is 0. The van der Waals surface area contributed by atoms with E-state index in [9.17, 15) is 9.59 Å². The first-order valence-corrected chi connectivity index (χ1v) is 10.8. The molecule has 25 heavy (non-hydrogen) atoms. The van der Waals surface area contributed by atoms with Crippen molar-refractivity contribution in [2.75, 3.05) is 13.1 Å². The molecule has 3 aliphatic rings. The van der Waals surface area contributed by atoms with Crippen molar-refractivity contribution in [3.8, 4) is 0 Å². The monoisotopic (exact) mass is 348 g/mol. The van der Waals surface area contributed by atoms with Crippen molar-refractivity contribution >= 4 is 11.8 Å². The van der Waals surface area contributed by atoms with Crippen LogP contribution in [-0.4, -0.2) is 35.8 Å². The van der Waals surface area contributed by atoms with E-state index in [2.05, 4.69) is 5.32 Å². The quantitative estimate of drug-likeness (QED) is 0.815. The molecule has 0 aromatic carbocycles. The predicted molar refractivity (Wildman–Crippen MR) is 100 cm³/mol. The SMILES string of the molecule is O=C(NC1CCN(C(=O)CCC2CCCCC2)CC1)C1CCCCC1. The molecule has 2 amide bonds. The lowest BCUT2D eigenvalue weighted by Gasteiger charge is -2.34. The number of nitrogens with zero attached hydrogens (tertiary/aromatic N) is 1. The lowest BCUT2D eigenvalue weighted by molar-refractivity contribution is -0.133. The maximum absolute atomic E-state index is 12.5. The molecule has 3 fully saturated rings. The second-order valence-corrected chi connectivity index (χ2v) is 8.54. The van der Waals surface area contributed by atoms with Gasteiger partial charge >= 0.3 is 0 Å². The van der Waals surface area contributed by atoms with Gasteiger partial charge in [-0.15, -0.1) is 0 Å². The number of rotatable bonds is 5. The Balaban J connectivity index is 1.33. The van der Waals surface area contributed by atoms with Gasteiger partial charge in [0.15, 0.2) is 0 Å². The molecule has 2 aliphatic carbocycles. The summed E-state index contributed by atoms with van der Waals surface area (Å²) in [6.45, 7) is 1.64. The molecule has 0 aromatic heterocycles. The van der Waals surface area contributed by atoms with E-state index < -0.39 is 0 Å². The van der Waals surface area contributed by atoms with E-state index in [1.54, 1.807) is 0 Å². The van der Waals surface area contributed by atoms with E-state index in [0.717, 1.165) is 57.5 Å². The summed E-state index contributed by atoms with van der Waals surface area (Å²) in [5, 5.41) is 3.25. The summed E-state index contributed by atoms with van der Waals surface area (Å²) in [6.07, 6.45) is 16.2. The second kappa shape index (κ2) is 9.59. The van der Waals surface area contributed by atoms with Crippen LogP contribution < -0.4 is 5.32 Å². The highest BCUT2D eigenvalue weighted by Gasteiger charge is 2.27. The molecule has 0 atom stereocenters. The summed E-state index contributed by atoms with van der Waals surface area (Å²) in [5.41, 5.74) is 0. The second-order valence-electron chi connectivity index (χ2n) is 8.54. The molecule has 0 radical (unpaired) electrons. The van der Waals surface area contributed by atoms with Crippen molar-refractivity contribution in [1.29, 1.82) is 0 Å². The fourth-order valence-electron chi connectivity index (χ4n) is 4.92. The van der Waals surface area contributed by atoms with Crippen molar-refractivity contribution in [3.05, 3.63) is 0 Å². The number of hydrogen-bond acceptors (Lipinski definition) is 2. The van der Waals surface area contributed by atoms with Gasteiger partial charge < -0.3 is 10.2 Å². The first-order valence-electron chi connectivity index (χ1n) is 10.8. The van der Waals surface area contributed by atoms with E-state index in [-0.39, 0.29) is 17.9 Å². The van der Waals surface area contributed by atoms with Crippen LogP contribution in [0, 0.1) is 11.8 Å². The Hall–Kier alpha value is -1.06. The third kappa shape index (κ3) is 5.72. The Bertz CT molecular complexity index is 431. The third-order valence-electron chi connectivity index (χ3n) is 6.66. The number of nitrogens with one attached hydrogen (secondary N) is 1. The van der Waals surface area contributed by atoms with Gasteiger partial charge in [-0.1, -0.05) is 51.4 Å². The molecule has 1 aliphatic heterocycles. The molecular formula is C21H36N2O2. The average molecular weight is 349 g/mol. The van der Waals surface area contributed by atoms with Crippen LogP contribution in [0.2, 0.25) is 0 Å². The molecule has 3 rings (SSSR count). The smallest absolute Gasteiger partial charge is 0.223 e. The zero-order chi connectivity index (χ0) is 17.5. The highest BCUT2D eigenvalue weighted by molar-refractivity contribution is 5.79. The van der Waals surface area contributed by atoms with Crippen LogP contribution in [0.1, 0.15) is 89.9 Å². The van der Waals surface area contributed by atoms with Crippen LogP contribution in [0.15, 0.2) is 0 Å². The summed E-state index contributed by atoms with van der Waals surface area (Å²) in [5.74, 6) is 1.62. The van der Waals surface area contributed by atoms with Crippen LogP contribution in [0.4, 0.5) is 0 Å². The Labute approximate surface area is 153 Å². The molecule has 1 saturated heterocycles. The number of piperidine rings is 1. The summed E-state index contributed by atoms with van der Waals surface area (Å²) in [6, 6.07) is 0.275. The topological polar surface area (TPSA) is 49.4 Å². The van der Waals surface area contributed by atoms with E-state index in [1.165, 1.54) is 51.4 Å². The highest BCUT2D eigenvalue weighted by Crippen LogP contribution is 2.28. The maximum atomic E-state index is 12.5. The van der Waals surface area contributed by atoms with Gasteiger partial charge in [-0.3, -0.25) is 9.59 Å². The van der Waals surface area contributed by atoms with Crippen LogP contribution >= 0.6 is 0 Å². The molecule has 2 saturated carbocycles. The average Bonchev–Trinajstić information content (AvgIpc) is 2.68. The summed E-state index contributed by atoms with van der Waals surface area (Å²) in [7, 11) is 0. The molecule has 1 heterocycles. The Morgan fingerprint density at radius 1 is 0.800 bits per heavy atom. The minimum absolute atomic E-state index is 0.240. The minimum atomic E-state index is 0.240. The number of amides is 2. The first-order chi connectivity index (χ1) is 12.2. The normalized spacial score (nSPS) is 24.2. The zero-order valence-corrected chi connectivity index (χ0v) is 15.8. The van der Waals surface area contributed by atoms with Gasteiger partial charge in [0.1, 0.15) is 0 Å². The van der Waals surface area contributed by atoms with Crippen LogP contribution in [0.5, 0.6) is 0 Å². The molecular weight excluding hydrogens is 312 g/mol. The molecule has 4 heteroatoms. The summed E-state index contributed by atoms with van der Waals surface area (Å²) < 4.78 is 0. The fraction of sp³-hybridized carbons (Fsp3) is 0.905. The molecule has 0 aromatic rings. The van der Waals surface area contributed by atoms with Crippen molar-refractivity contribution in [3.63, 3.8) is 0 Å². The molecule has 0 bridgehead atoms. The van der Waals surface area contributed by atoms with E-state index in [1.807, 2.05) is 4.90 Å². The largest absolute Gasteiger partial charge is 0.353 e. The van der Waals surface area contributed by atoms with E-state index in [4.69, 9.17) is 0 Å².